The third-order valence-electron chi connectivity index (χ3n) is 6.36. The van der Waals surface area contributed by atoms with Gasteiger partial charge in [0.1, 0.15) is 5.54 Å². The first-order valence-corrected chi connectivity index (χ1v) is 10.5. The van der Waals surface area contributed by atoms with E-state index < -0.39 is 5.54 Å². The van der Waals surface area contributed by atoms with Crippen molar-refractivity contribution in [2.45, 2.75) is 44.4 Å². The summed E-state index contributed by atoms with van der Waals surface area (Å²) in [5, 5.41) is 9.50. The van der Waals surface area contributed by atoms with Crippen molar-refractivity contribution in [3.8, 4) is 0 Å². The molecule has 2 fully saturated rings. The minimum Gasteiger partial charge on any atom is -0.395 e. The molecule has 0 bridgehead atoms. The lowest BCUT2D eigenvalue weighted by Crippen LogP contribution is -2.57. The third-order valence-corrected chi connectivity index (χ3v) is 6.36. The highest BCUT2D eigenvalue weighted by Gasteiger charge is 2.58. The number of aliphatic hydroxyl groups excluding tert-OH is 1. The number of hydrogen-bond acceptors (Lipinski definition) is 5. The highest BCUT2D eigenvalue weighted by Crippen LogP contribution is 2.39. The third kappa shape index (κ3) is 3.70. The van der Waals surface area contributed by atoms with E-state index in [9.17, 15) is 14.7 Å². The molecular weight excluding hydrogens is 380 g/mol. The number of urea groups is 1. The number of carbonyl (C=O) groups is 2. The van der Waals surface area contributed by atoms with Gasteiger partial charge in [0.25, 0.3) is 5.91 Å². The monoisotopic (exact) mass is 408 g/mol. The van der Waals surface area contributed by atoms with Crippen LogP contribution in [0.3, 0.4) is 0 Å². The van der Waals surface area contributed by atoms with Crippen LogP contribution in [0.5, 0.6) is 0 Å². The normalized spacial score (nSPS) is 20.2. The van der Waals surface area contributed by atoms with Gasteiger partial charge < -0.3 is 10.0 Å². The first kappa shape index (κ1) is 20.5. The first-order chi connectivity index (χ1) is 14.5. The molecule has 0 aliphatic carbocycles. The van der Waals surface area contributed by atoms with Gasteiger partial charge in [-0.15, -0.1) is 0 Å². The lowest BCUT2D eigenvalue weighted by atomic mass is 9.85. The molecule has 7 heteroatoms. The molecule has 3 heterocycles. The Balaban J connectivity index is 1.62. The van der Waals surface area contributed by atoms with Crippen LogP contribution in [0.4, 0.5) is 4.79 Å². The topological polar surface area (TPSA) is 77.0 Å². The van der Waals surface area contributed by atoms with Crippen molar-refractivity contribution in [2.24, 2.45) is 0 Å². The van der Waals surface area contributed by atoms with E-state index in [-0.39, 0.29) is 31.1 Å². The Morgan fingerprint density at radius 1 is 1.03 bits per heavy atom. The average molecular weight is 409 g/mol. The van der Waals surface area contributed by atoms with Gasteiger partial charge in [-0.2, -0.15) is 0 Å². The Hall–Kier alpha value is -2.77. The summed E-state index contributed by atoms with van der Waals surface area (Å²) in [5.41, 5.74) is 0.860. The van der Waals surface area contributed by atoms with Crippen molar-refractivity contribution in [1.82, 2.24) is 19.7 Å². The molecule has 2 aliphatic rings. The fraction of sp³-hybridized carbons (Fsp3) is 0.435. The van der Waals surface area contributed by atoms with Crippen LogP contribution < -0.4 is 0 Å². The summed E-state index contributed by atoms with van der Waals surface area (Å²) >= 11 is 0. The second-order valence-corrected chi connectivity index (χ2v) is 8.17. The van der Waals surface area contributed by atoms with E-state index in [4.69, 9.17) is 0 Å². The summed E-state index contributed by atoms with van der Waals surface area (Å²) in [4.78, 5) is 36.6. The van der Waals surface area contributed by atoms with Gasteiger partial charge in [-0.25, -0.2) is 4.79 Å². The van der Waals surface area contributed by atoms with Crippen LogP contribution >= 0.6 is 0 Å². The maximum atomic E-state index is 13.6. The molecule has 2 aromatic rings. The molecule has 0 saturated carbocycles. The van der Waals surface area contributed by atoms with Crippen molar-refractivity contribution in [1.29, 1.82) is 0 Å². The van der Waals surface area contributed by atoms with Crippen LogP contribution in [0.1, 0.15) is 31.0 Å². The second-order valence-electron chi connectivity index (χ2n) is 8.17. The van der Waals surface area contributed by atoms with Gasteiger partial charge in [0.15, 0.2) is 0 Å². The molecule has 1 spiro atoms. The minimum atomic E-state index is -0.840. The number of amides is 3. The first-order valence-electron chi connectivity index (χ1n) is 10.5. The Labute approximate surface area is 176 Å². The number of pyridine rings is 1. The van der Waals surface area contributed by atoms with Gasteiger partial charge in [0.05, 0.1) is 18.8 Å². The Morgan fingerprint density at radius 2 is 1.73 bits per heavy atom. The molecule has 7 nitrogen and oxygen atoms in total. The number of piperidine rings is 1. The number of likely N-dealkylation sites (tertiary alicyclic amines) is 1. The smallest absolute Gasteiger partial charge is 0.328 e. The number of imide groups is 1. The predicted molar refractivity (Wildman–Crippen MR) is 112 cm³/mol. The van der Waals surface area contributed by atoms with Gasteiger partial charge in [0, 0.05) is 31.9 Å². The van der Waals surface area contributed by atoms with Crippen LogP contribution in [0.2, 0.25) is 0 Å². The molecule has 3 amide bonds. The minimum absolute atomic E-state index is 0.0433. The number of rotatable bonds is 6. The average Bonchev–Trinajstić information content (AvgIpc) is 2.97. The van der Waals surface area contributed by atoms with Crippen LogP contribution in [0, 0.1) is 0 Å². The SMILES string of the molecule is CC(CO)N1CCC2(CC1)C(=O)N(Cc1ccccn1)C(=O)N2Cc1ccccc1. The van der Waals surface area contributed by atoms with E-state index in [0.717, 1.165) is 5.56 Å². The molecule has 1 N–H and O–H groups in total. The van der Waals surface area contributed by atoms with E-state index in [1.807, 2.05) is 55.5 Å². The number of aliphatic hydroxyl groups is 1. The molecular formula is C23H28N4O3. The molecule has 1 aromatic carbocycles. The Kier molecular flexibility index (Phi) is 5.83. The summed E-state index contributed by atoms with van der Waals surface area (Å²) in [6.45, 7) is 3.99. The summed E-state index contributed by atoms with van der Waals surface area (Å²) in [7, 11) is 0. The van der Waals surface area contributed by atoms with Crippen LogP contribution in [-0.4, -0.2) is 68.0 Å². The highest BCUT2D eigenvalue weighted by molar-refractivity contribution is 6.07. The van der Waals surface area contributed by atoms with Gasteiger partial charge >= 0.3 is 6.03 Å². The zero-order valence-electron chi connectivity index (χ0n) is 17.3. The highest BCUT2D eigenvalue weighted by atomic mass is 16.3. The standard InChI is InChI=1S/C23H28N4O3/c1-18(17-28)25-13-10-23(11-14-25)21(29)26(16-20-9-5-6-12-24-20)22(30)27(23)15-19-7-3-2-4-8-19/h2-9,12,18,28H,10-11,13-17H2,1H3. The van der Waals surface area contributed by atoms with E-state index in [2.05, 4.69) is 9.88 Å². The molecule has 2 aliphatic heterocycles. The fourth-order valence-electron chi connectivity index (χ4n) is 4.49. The summed E-state index contributed by atoms with van der Waals surface area (Å²) < 4.78 is 0. The summed E-state index contributed by atoms with van der Waals surface area (Å²) in [6.07, 6.45) is 2.80. The lowest BCUT2D eigenvalue weighted by Gasteiger charge is -2.43. The second kappa shape index (κ2) is 8.53. The number of aromatic nitrogens is 1. The molecule has 30 heavy (non-hydrogen) atoms. The number of nitrogens with zero attached hydrogens (tertiary/aromatic N) is 4. The van der Waals surface area contributed by atoms with Gasteiger partial charge in [-0.05, 0) is 37.5 Å². The summed E-state index contributed by atoms with van der Waals surface area (Å²) in [5.74, 6) is -0.134. The van der Waals surface area contributed by atoms with Gasteiger partial charge in [0.2, 0.25) is 0 Å². The zero-order chi connectivity index (χ0) is 21.1. The molecule has 2 saturated heterocycles. The van der Waals surface area contributed by atoms with Crippen LogP contribution in [0.15, 0.2) is 54.7 Å². The van der Waals surface area contributed by atoms with Crippen LogP contribution in [-0.2, 0) is 17.9 Å². The Bertz CT molecular complexity index is 882. The number of hydrogen-bond donors (Lipinski definition) is 1. The maximum Gasteiger partial charge on any atom is 0.328 e. The summed E-state index contributed by atoms with van der Waals surface area (Å²) in [6, 6.07) is 15.1. The quantitative estimate of drug-likeness (QED) is 0.742. The molecule has 4 rings (SSSR count). The fourth-order valence-corrected chi connectivity index (χ4v) is 4.49. The van der Waals surface area contributed by atoms with Gasteiger partial charge in [-0.3, -0.25) is 19.6 Å². The molecule has 0 radical (unpaired) electrons. The van der Waals surface area contributed by atoms with E-state index in [1.165, 1.54) is 4.90 Å². The number of carbonyl (C=O) groups excluding carboxylic acids is 2. The largest absolute Gasteiger partial charge is 0.395 e. The van der Waals surface area contributed by atoms with Crippen LogP contribution in [0.25, 0.3) is 0 Å². The maximum absolute atomic E-state index is 13.6. The van der Waals surface area contributed by atoms with E-state index >= 15 is 0 Å². The zero-order valence-corrected chi connectivity index (χ0v) is 17.3. The Morgan fingerprint density at radius 3 is 2.37 bits per heavy atom. The van der Waals surface area contributed by atoms with Crippen molar-refractivity contribution >= 4 is 11.9 Å². The van der Waals surface area contributed by atoms with Crippen molar-refractivity contribution in [2.75, 3.05) is 19.7 Å². The number of benzene rings is 1. The molecule has 158 valence electrons. The van der Waals surface area contributed by atoms with E-state index in [0.29, 0.717) is 38.2 Å². The molecule has 1 atom stereocenters. The molecule has 1 unspecified atom stereocenters. The van der Waals surface area contributed by atoms with Crippen molar-refractivity contribution in [3.05, 3.63) is 66.0 Å². The molecule has 1 aromatic heterocycles. The van der Waals surface area contributed by atoms with Crippen molar-refractivity contribution < 1.29 is 14.7 Å². The van der Waals surface area contributed by atoms with Crippen molar-refractivity contribution in [3.63, 3.8) is 0 Å². The van der Waals surface area contributed by atoms with E-state index in [1.54, 1.807) is 11.1 Å². The lowest BCUT2D eigenvalue weighted by molar-refractivity contribution is -0.136. The predicted octanol–water partition coefficient (Wildman–Crippen LogP) is 2.26. The van der Waals surface area contributed by atoms with Gasteiger partial charge in [-0.1, -0.05) is 36.4 Å².